The second-order valence-corrected chi connectivity index (χ2v) is 4.11. The van der Waals surface area contributed by atoms with Gasteiger partial charge in [-0.1, -0.05) is 30.3 Å². The lowest BCUT2D eigenvalue weighted by molar-refractivity contribution is 0.100. The number of primary amides is 1. The van der Waals surface area contributed by atoms with Crippen molar-refractivity contribution in [3.05, 3.63) is 58.6 Å². The van der Waals surface area contributed by atoms with Gasteiger partial charge in [0, 0.05) is 0 Å². The molecule has 2 aromatic carbocycles. The van der Waals surface area contributed by atoms with Crippen molar-refractivity contribution in [3.8, 4) is 11.1 Å². The van der Waals surface area contributed by atoms with Crippen molar-refractivity contribution >= 4 is 17.0 Å². The third kappa shape index (κ3) is 1.81. The van der Waals surface area contributed by atoms with Crippen molar-refractivity contribution in [2.24, 2.45) is 5.73 Å². The van der Waals surface area contributed by atoms with Crippen LogP contribution in [0, 0.1) is 0 Å². The average molecular weight is 254 g/mol. The van der Waals surface area contributed by atoms with Gasteiger partial charge in [0.05, 0.1) is 5.56 Å². The minimum atomic E-state index is -0.610. The molecule has 1 amide bonds. The van der Waals surface area contributed by atoms with E-state index in [1.807, 2.05) is 30.3 Å². The van der Waals surface area contributed by atoms with Gasteiger partial charge in [0.1, 0.15) is 5.52 Å². The Morgan fingerprint density at radius 1 is 1.11 bits per heavy atom. The fourth-order valence-electron chi connectivity index (χ4n) is 2.13. The van der Waals surface area contributed by atoms with E-state index < -0.39 is 11.7 Å². The van der Waals surface area contributed by atoms with Crippen LogP contribution in [-0.4, -0.2) is 10.9 Å². The van der Waals surface area contributed by atoms with E-state index in [0.29, 0.717) is 16.7 Å². The zero-order chi connectivity index (χ0) is 13.4. The molecule has 0 aliphatic carbocycles. The molecule has 0 saturated carbocycles. The van der Waals surface area contributed by atoms with E-state index in [-0.39, 0.29) is 5.56 Å². The Hall–Kier alpha value is -2.82. The number of carbonyl (C=O) groups excluding carboxylic acids is 1. The number of rotatable bonds is 2. The molecule has 5 heteroatoms. The number of oxazole rings is 1. The second kappa shape index (κ2) is 4.13. The average Bonchev–Trinajstić information content (AvgIpc) is 2.78. The molecule has 19 heavy (non-hydrogen) atoms. The summed E-state index contributed by atoms with van der Waals surface area (Å²) < 4.78 is 4.93. The number of hydrogen-bond donors (Lipinski definition) is 2. The largest absolute Gasteiger partial charge is 0.417 e. The van der Waals surface area contributed by atoms with Gasteiger partial charge in [-0.05, 0) is 23.3 Å². The summed E-state index contributed by atoms with van der Waals surface area (Å²) in [6, 6.07) is 12.7. The Morgan fingerprint density at radius 2 is 1.84 bits per heavy atom. The predicted molar refractivity (Wildman–Crippen MR) is 70.8 cm³/mol. The molecule has 0 bridgehead atoms. The Morgan fingerprint density at radius 3 is 2.53 bits per heavy atom. The zero-order valence-corrected chi connectivity index (χ0v) is 9.84. The summed E-state index contributed by atoms with van der Waals surface area (Å²) in [7, 11) is 0. The summed E-state index contributed by atoms with van der Waals surface area (Å²) in [6.07, 6.45) is 0. The molecular weight excluding hydrogens is 244 g/mol. The molecule has 3 rings (SSSR count). The molecule has 3 N–H and O–H groups in total. The van der Waals surface area contributed by atoms with E-state index in [0.717, 1.165) is 5.56 Å². The number of nitrogens with two attached hydrogens (primary N) is 1. The van der Waals surface area contributed by atoms with Crippen molar-refractivity contribution in [2.75, 3.05) is 0 Å². The number of hydrogen-bond acceptors (Lipinski definition) is 3. The SMILES string of the molecule is NC(=O)c1c(-c2ccccc2)ccc2oc(=O)[nH]c12. The van der Waals surface area contributed by atoms with E-state index in [2.05, 4.69) is 4.98 Å². The van der Waals surface area contributed by atoms with Crippen LogP contribution >= 0.6 is 0 Å². The summed E-state index contributed by atoms with van der Waals surface area (Å²) in [5.74, 6) is -1.22. The number of fused-ring (bicyclic) bond motifs is 1. The first kappa shape index (κ1) is 11.3. The molecule has 5 nitrogen and oxygen atoms in total. The van der Waals surface area contributed by atoms with Crippen LogP contribution in [0.1, 0.15) is 10.4 Å². The van der Waals surface area contributed by atoms with Gasteiger partial charge in [-0.3, -0.25) is 9.78 Å². The summed E-state index contributed by atoms with van der Waals surface area (Å²) >= 11 is 0. The zero-order valence-electron chi connectivity index (χ0n) is 9.84. The first-order valence-corrected chi connectivity index (χ1v) is 5.68. The number of benzene rings is 2. The molecule has 94 valence electrons. The highest BCUT2D eigenvalue weighted by molar-refractivity contribution is 6.09. The number of nitrogens with one attached hydrogen (secondary N) is 1. The van der Waals surface area contributed by atoms with Crippen LogP contribution in [0.25, 0.3) is 22.2 Å². The summed E-state index contributed by atoms with van der Waals surface area (Å²) in [6.45, 7) is 0. The molecule has 0 atom stereocenters. The van der Waals surface area contributed by atoms with Crippen molar-refractivity contribution in [3.63, 3.8) is 0 Å². The van der Waals surface area contributed by atoms with Crippen molar-refractivity contribution in [1.82, 2.24) is 4.98 Å². The number of amides is 1. The van der Waals surface area contributed by atoms with Gasteiger partial charge in [-0.25, -0.2) is 4.79 Å². The van der Waals surface area contributed by atoms with Crippen molar-refractivity contribution in [1.29, 1.82) is 0 Å². The van der Waals surface area contributed by atoms with Crippen LogP contribution in [0.2, 0.25) is 0 Å². The molecule has 0 aliphatic rings. The lowest BCUT2D eigenvalue weighted by Gasteiger charge is -2.07. The van der Waals surface area contributed by atoms with Gasteiger partial charge in [0.25, 0.3) is 5.91 Å². The maximum atomic E-state index is 11.7. The van der Waals surface area contributed by atoms with Crippen LogP contribution in [0.15, 0.2) is 51.7 Å². The normalized spacial score (nSPS) is 10.7. The summed E-state index contributed by atoms with van der Waals surface area (Å²) in [5.41, 5.74) is 7.85. The molecule has 0 unspecified atom stereocenters. The summed E-state index contributed by atoms with van der Waals surface area (Å²) in [5, 5.41) is 0. The first-order valence-electron chi connectivity index (χ1n) is 5.68. The highest BCUT2D eigenvalue weighted by Crippen LogP contribution is 2.28. The van der Waals surface area contributed by atoms with E-state index >= 15 is 0 Å². The minimum absolute atomic E-state index is 0.259. The molecular formula is C14H10N2O3. The first-order chi connectivity index (χ1) is 9.16. The molecule has 0 fully saturated rings. The van der Waals surface area contributed by atoms with E-state index in [1.165, 1.54) is 0 Å². The number of aromatic amines is 1. The third-order valence-electron chi connectivity index (χ3n) is 2.93. The molecule has 3 aromatic rings. The number of H-pyrrole nitrogens is 1. The van der Waals surface area contributed by atoms with Crippen LogP contribution in [0.5, 0.6) is 0 Å². The maximum Gasteiger partial charge on any atom is 0.417 e. The predicted octanol–water partition coefficient (Wildman–Crippen LogP) is 1.89. The topological polar surface area (TPSA) is 89.1 Å². The van der Waals surface area contributed by atoms with Gasteiger partial charge in [0.15, 0.2) is 5.58 Å². The van der Waals surface area contributed by atoms with Gasteiger partial charge >= 0.3 is 5.76 Å². The lowest BCUT2D eigenvalue weighted by atomic mass is 9.98. The maximum absolute atomic E-state index is 11.7. The van der Waals surface area contributed by atoms with E-state index in [9.17, 15) is 9.59 Å². The highest BCUT2D eigenvalue weighted by Gasteiger charge is 2.17. The molecule has 0 aliphatic heterocycles. The Labute approximate surface area is 107 Å². The van der Waals surface area contributed by atoms with E-state index in [1.54, 1.807) is 12.1 Å². The van der Waals surface area contributed by atoms with Gasteiger partial charge in [-0.15, -0.1) is 0 Å². The number of aromatic nitrogens is 1. The van der Waals surface area contributed by atoms with Crippen LogP contribution in [0.4, 0.5) is 0 Å². The fourth-order valence-corrected chi connectivity index (χ4v) is 2.13. The Balaban J connectivity index is 2.40. The number of carbonyl (C=O) groups is 1. The molecule has 1 aromatic heterocycles. The quantitative estimate of drug-likeness (QED) is 0.731. The Kier molecular flexibility index (Phi) is 2.45. The van der Waals surface area contributed by atoms with Crippen LogP contribution < -0.4 is 11.5 Å². The smallest absolute Gasteiger partial charge is 0.408 e. The van der Waals surface area contributed by atoms with Crippen LogP contribution in [-0.2, 0) is 0 Å². The Bertz CT molecular complexity index is 816. The third-order valence-corrected chi connectivity index (χ3v) is 2.93. The van der Waals surface area contributed by atoms with Crippen molar-refractivity contribution in [2.45, 2.75) is 0 Å². The molecule has 1 heterocycles. The standard InChI is InChI=1S/C14H10N2O3/c15-13(17)11-9(8-4-2-1-3-5-8)6-7-10-12(11)16-14(18)19-10/h1-7H,(H2,15,17)(H,16,18). The lowest BCUT2D eigenvalue weighted by Crippen LogP contribution is -2.13. The van der Waals surface area contributed by atoms with Crippen molar-refractivity contribution < 1.29 is 9.21 Å². The monoisotopic (exact) mass is 254 g/mol. The second-order valence-electron chi connectivity index (χ2n) is 4.11. The van der Waals surface area contributed by atoms with Gasteiger partial charge in [0.2, 0.25) is 0 Å². The molecule has 0 saturated heterocycles. The van der Waals surface area contributed by atoms with Crippen LogP contribution in [0.3, 0.4) is 0 Å². The highest BCUT2D eigenvalue weighted by atomic mass is 16.4. The minimum Gasteiger partial charge on any atom is -0.408 e. The fraction of sp³-hybridized carbons (Fsp3) is 0. The molecule has 0 radical (unpaired) electrons. The van der Waals surface area contributed by atoms with Gasteiger partial charge < -0.3 is 10.2 Å². The van der Waals surface area contributed by atoms with E-state index in [4.69, 9.17) is 10.2 Å². The summed E-state index contributed by atoms with van der Waals surface area (Å²) in [4.78, 5) is 25.4. The van der Waals surface area contributed by atoms with Gasteiger partial charge in [-0.2, -0.15) is 0 Å². The molecule has 0 spiro atoms.